The second-order valence-corrected chi connectivity index (χ2v) is 5.87. The van der Waals surface area contributed by atoms with Crippen LogP contribution in [0.5, 0.6) is 0 Å². The standard InChI is InChI=1S/C15H22N4O/c1-11-16-12(2)19(17-11)14-8-5-9-18(10-14)15(20)13-6-3-4-7-13/h3-4,13-14H,5-10H2,1-2H3/t14-/m0/s1. The van der Waals surface area contributed by atoms with Crippen molar-refractivity contribution >= 4 is 5.91 Å². The van der Waals surface area contributed by atoms with Crippen molar-refractivity contribution in [1.29, 1.82) is 0 Å². The third-order valence-corrected chi connectivity index (χ3v) is 4.32. The van der Waals surface area contributed by atoms with Crippen molar-refractivity contribution in [3.63, 3.8) is 0 Å². The van der Waals surface area contributed by atoms with Crippen LogP contribution >= 0.6 is 0 Å². The maximum atomic E-state index is 12.5. The van der Waals surface area contributed by atoms with Gasteiger partial charge < -0.3 is 4.90 Å². The Morgan fingerprint density at radius 1 is 1.30 bits per heavy atom. The molecule has 0 radical (unpaired) electrons. The van der Waals surface area contributed by atoms with Gasteiger partial charge >= 0.3 is 0 Å². The number of carbonyl (C=O) groups excluding carboxylic acids is 1. The lowest BCUT2D eigenvalue weighted by molar-refractivity contribution is -0.136. The number of hydrogen-bond acceptors (Lipinski definition) is 3. The zero-order valence-electron chi connectivity index (χ0n) is 12.2. The summed E-state index contributed by atoms with van der Waals surface area (Å²) in [5, 5.41) is 4.48. The largest absolute Gasteiger partial charge is 0.340 e. The van der Waals surface area contributed by atoms with E-state index in [0.717, 1.165) is 50.4 Å². The molecule has 2 heterocycles. The van der Waals surface area contributed by atoms with Gasteiger partial charge in [-0.2, -0.15) is 5.10 Å². The zero-order valence-corrected chi connectivity index (χ0v) is 12.2. The molecule has 0 unspecified atom stereocenters. The van der Waals surface area contributed by atoms with Gasteiger partial charge in [0.15, 0.2) is 0 Å². The lowest BCUT2D eigenvalue weighted by atomic mass is 10.0. The molecule has 1 saturated heterocycles. The van der Waals surface area contributed by atoms with E-state index in [4.69, 9.17) is 0 Å². The molecule has 3 rings (SSSR count). The summed E-state index contributed by atoms with van der Waals surface area (Å²) >= 11 is 0. The molecule has 20 heavy (non-hydrogen) atoms. The summed E-state index contributed by atoms with van der Waals surface area (Å²) in [6.45, 7) is 5.57. The van der Waals surface area contributed by atoms with Crippen LogP contribution in [-0.2, 0) is 4.79 Å². The third kappa shape index (κ3) is 2.49. The number of rotatable bonds is 2. The molecule has 1 aliphatic heterocycles. The number of aromatic nitrogens is 3. The van der Waals surface area contributed by atoms with E-state index in [9.17, 15) is 4.79 Å². The normalized spacial score (nSPS) is 23.5. The Kier molecular flexibility index (Phi) is 3.59. The highest BCUT2D eigenvalue weighted by atomic mass is 16.2. The Morgan fingerprint density at radius 3 is 2.70 bits per heavy atom. The fraction of sp³-hybridized carbons (Fsp3) is 0.667. The van der Waals surface area contributed by atoms with Crippen molar-refractivity contribution in [2.45, 2.75) is 45.6 Å². The second kappa shape index (κ2) is 5.38. The van der Waals surface area contributed by atoms with E-state index >= 15 is 0 Å². The van der Waals surface area contributed by atoms with Crippen molar-refractivity contribution in [3.05, 3.63) is 23.8 Å². The highest BCUT2D eigenvalue weighted by Gasteiger charge is 2.30. The molecule has 1 aromatic heterocycles. The van der Waals surface area contributed by atoms with Crippen molar-refractivity contribution in [2.75, 3.05) is 13.1 Å². The van der Waals surface area contributed by atoms with E-state index in [1.807, 2.05) is 23.4 Å². The van der Waals surface area contributed by atoms with Gasteiger partial charge in [-0.1, -0.05) is 12.2 Å². The predicted octanol–water partition coefficient (Wildman–Crippen LogP) is 2.02. The highest BCUT2D eigenvalue weighted by molar-refractivity contribution is 5.79. The molecule has 0 N–H and O–H groups in total. The fourth-order valence-electron chi connectivity index (χ4n) is 3.31. The van der Waals surface area contributed by atoms with Crippen molar-refractivity contribution in [2.24, 2.45) is 5.92 Å². The van der Waals surface area contributed by atoms with Gasteiger partial charge in [-0.3, -0.25) is 4.79 Å². The van der Waals surface area contributed by atoms with Gasteiger partial charge in [0.25, 0.3) is 0 Å². The van der Waals surface area contributed by atoms with Crippen LogP contribution in [-0.4, -0.2) is 38.7 Å². The summed E-state index contributed by atoms with van der Waals surface area (Å²) < 4.78 is 2.00. The number of carbonyl (C=O) groups is 1. The third-order valence-electron chi connectivity index (χ3n) is 4.32. The molecule has 5 nitrogen and oxygen atoms in total. The molecule has 0 bridgehead atoms. The van der Waals surface area contributed by atoms with Gasteiger partial charge in [-0.15, -0.1) is 0 Å². The molecule has 1 aliphatic carbocycles. The Bertz CT molecular complexity index is 526. The number of allylic oxidation sites excluding steroid dienone is 2. The second-order valence-electron chi connectivity index (χ2n) is 5.87. The molecule has 108 valence electrons. The first-order chi connectivity index (χ1) is 9.65. The van der Waals surface area contributed by atoms with Crippen LogP contribution in [0.25, 0.3) is 0 Å². The summed E-state index contributed by atoms with van der Waals surface area (Å²) in [6, 6.07) is 0.281. The van der Waals surface area contributed by atoms with E-state index < -0.39 is 0 Å². The summed E-state index contributed by atoms with van der Waals surface area (Å²) in [6.07, 6.45) is 8.18. The van der Waals surface area contributed by atoms with Crippen LogP contribution in [0.15, 0.2) is 12.2 Å². The predicted molar refractivity (Wildman–Crippen MR) is 76.2 cm³/mol. The monoisotopic (exact) mass is 274 g/mol. The van der Waals surface area contributed by atoms with Crippen molar-refractivity contribution in [3.8, 4) is 0 Å². The Morgan fingerprint density at radius 2 is 2.05 bits per heavy atom. The first kappa shape index (κ1) is 13.3. The maximum absolute atomic E-state index is 12.5. The summed E-state index contributed by atoms with van der Waals surface area (Å²) in [5.74, 6) is 2.25. The summed E-state index contributed by atoms with van der Waals surface area (Å²) in [7, 11) is 0. The number of likely N-dealkylation sites (tertiary alicyclic amines) is 1. The molecule has 1 aromatic rings. The molecule has 2 aliphatic rings. The van der Waals surface area contributed by atoms with E-state index in [1.165, 1.54) is 0 Å². The Hall–Kier alpha value is -1.65. The van der Waals surface area contributed by atoms with Crippen LogP contribution in [0.3, 0.4) is 0 Å². The molecular weight excluding hydrogens is 252 g/mol. The zero-order chi connectivity index (χ0) is 14.1. The van der Waals surface area contributed by atoms with Crippen LogP contribution in [0, 0.1) is 19.8 Å². The number of hydrogen-bond donors (Lipinski definition) is 0. The van der Waals surface area contributed by atoms with Gasteiger partial charge in [0.05, 0.1) is 6.04 Å². The van der Waals surface area contributed by atoms with Crippen LogP contribution in [0.2, 0.25) is 0 Å². The number of amides is 1. The molecule has 1 amide bonds. The minimum Gasteiger partial charge on any atom is -0.340 e. The molecule has 1 atom stereocenters. The first-order valence-electron chi connectivity index (χ1n) is 7.48. The smallest absolute Gasteiger partial charge is 0.226 e. The van der Waals surface area contributed by atoms with Crippen molar-refractivity contribution < 1.29 is 4.79 Å². The van der Waals surface area contributed by atoms with Crippen LogP contribution in [0.1, 0.15) is 43.4 Å². The minimum absolute atomic E-state index is 0.173. The van der Waals surface area contributed by atoms with Gasteiger partial charge in [-0.25, -0.2) is 9.67 Å². The van der Waals surface area contributed by atoms with Gasteiger partial charge in [0.1, 0.15) is 11.6 Å². The van der Waals surface area contributed by atoms with Gasteiger partial charge in [0, 0.05) is 19.0 Å². The Balaban J connectivity index is 1.70. The van der Waals surface area contributed by atoms with E-state index in [0.29, 0.717) is 5.91 Å². The highest BCUT2D eigenvalue weighted by Crippen LogP contribution is 2.26. The SMILES string of the molecule is Cc1nc(C)n([C@H]2CCCN(C(=O)C3CC=CC3)C2)n1. The van der Waals surface area contributed by atoms with Gasteiger partial charge in [0.2, 0.25) is 5.91 Å². The average molecular weight is 274 g/mol. The van der Waals surface area contributed by atoms with Gasteiger partial charge in [-0.05, 0) is 39.5 Å². The number of nitrogens with zero attached hydrogens (tertiary/aromatic N) is 4. The fourth-order valence-corrected chi connectivity index (χ4v) is 3.31. The molecule has 1 fully saturated rings. The topological polar surface area (TPSA) is 51.0 Å². The quantitative estimate of drug-likeness (QED) is 0.775. The molecule has 5 heteroatoms. The molecule has 0 aromatic carbocycles. The summed E-state index contributed by atoms with van der Waals surface area (Å²) in [5.41, 5.74) is 0. The first-order valence-corrected chi connectivity index (χ1v) is 7.48. The maximum Gasteiger partial charge on any atom is 0.226 e. The lowest BCUT2D eigenvalue weighted by Gasteiger charge is -2.34. The summed E-state index contributed by atoms with van der Waals surface area (Å²) in [4.78, 5) is 18.9. The number of aryl methyl sites for hydroxylation is 2. The molecule has 0 saturated carbocycles. The van der Waals surface area contributed by atoms with Crippen LogP contribution < -0.4 is 0 Å². The van der Waals surface area contributed by atoms with E-state index in [-0.39, 0.29) is 12.0 Å². The van der Waals surface area contributed by atoms with Crippen LogP contribution in [0.4, 0.5) is 0 Å². The molecular formula is C15H22N4O. The van der Waals surface area contributed by atoms with E-state index in [1.54, 1.807) is 0 Å². The lowest BCUT2D eigenvalue weighted by Crippen LogP contribution is -2.43. The Labute approximate surface area is 119 Å². The number of piperidine rings is 1. The molecule has 0 spiro atoms. The van der Waals surface area contributed by atoms with E-state index in [2.05, 4.69) is 22.2 Å². The minimum atomic E-state index is 0.173. The van der Waals surface area contributed by atoms with Crippen molar-refractivity contribution in [1.82, 2.24) is 19.7 Å². The average Bonchev–Trinajstić information content (AvgIpc) is 3.08.